The average Bonchev–Trinajstić information content (AvgIpc) is 3.97. The smallest absolute Gasteiger partial charge is 0.145 e. The molecular weight excluding hydrogens is 791 g/mol. The summed E-state index contributed by atoms with van der Waals surface area (Å²) in [5.41, 5.74) is 15.6. The molecule has 0 unspecified atom stereocenters. The summed E-state index contributed by atoms with van der Waals surface area (Å²) in [6.07, 6.45) is 0. The molecule has 0 radical (unpaired) electrons. The third kappa shape index (κ3) is 6.05. The number of nitrogens with zero attached hydrogens (tertiary/aromatic N) is 1. The SMILES string of the molecule is c1ccc(-c2ccc(-c3ccc(N(c4ccc(-c5ccc(-c6ccccc6)c6oc7ccccc7c56)cc4)c4cccc5ccc6ccccc6c45)c4c3oc3ccccc34)cc2)cc1. The third-order valence-corrected chi connectivity index (χ3v) is 13.1. The summed E-state index contributed by atoms with van der Waals surface area (Å²) < 4.78 is 13.6. The van der Waals surface area contributed by atoms with Gasteiger partial charge in [-0.1, -0.05) is 188 Å². The molecule has 0 N–H and O–H groups in total. The molecular formula is C62H39NO2. The van der Waals surface area contributed by atoms with Crippen molar-refractivity contribution in [2.75, 3.05) is 4.90 Å². The monoisotopic (exact) mass is 829 g/mol. The second-order valence-corrected chi connectivity index (χ2v) is 16.8. The van der Waals surface area contributed by atoms with E-state index in [4.69, 9.17) is 8.83 Å². The predicted octanol–water partition coefficient (Wildman–Crippen LogP) is 17.9. The average molecular weight is 830 g/mol. The highest BCUT2D eigenvalue weighted by atomic mass is 16.3. The number of benzene rings is 11. The summed E-state index contributed by atoms with van der Waals surface area (Å²) >= 11 is 0. The van der Waals surface area contributed by atoms with Crippen LogP contribution in [0, 0.1) is 0 Å². The van der Waals surface area contributed by atoms with E-state index in [0.717, 1.165) is 94.3 Å². The van der Waals surface area contributed by atoms with Gasteiger partial charge in [0.05, 0.1) is 16.8 Å². The number of rotatable bonds is 7. The fourth-order valence-corrected chi connectivity index (χ4v) is 10.0. The van der Waals surface area contributed by atoms with E-state index in [1.54, 1.807) is 0 Å². The van der Waals surface area contributed by atoms with Crippen LogP contribution in [-0.4, -0.2) is 0 Å². The molecule has 0 atom stereocenters. The van der Waals surface area contributed by atoms with Crippen LogP contribution in [0.3, 0.4) is 0 Å². The van der Waals surface area contributed by atoms with Crippen LogP contribution in [0.5, 0.6) is 0 Å². The number of para-hydroxylation sites is 2. The molecule has 0 aliphatic rings. The van der Waals surface area contributed by atoms with Gasteiger partial charge in [-0.3, -0.25) is 0 Å². The van der Waals surface area contributed by atoms with Crippen molar-refractivity contribution in [1.29, 1.82) is 0 Å². The molecule has 2 aromatic heterocycles. The van der Waals surface area contributed by atoms with E-state index in [1.165, 1.54) is 32.7 Å². The largest absolute Gasteiger partial charge is 0.455 e. The van der Waals surface area contributed by atoms with E-state index in [1.807, 2.05) is 6.07 Å². The summed E-state index contributed by atoms with van der Waals surface area (Å²) in [5.74, 6) is 0. The van der Waals surface area contributed by atoms with Crippen LogP contribution >= 0.6 is 0 Å². The van der Waals surface area contributed by atoms with Gasteiger partial charge < -0.3 is 13.7 Å². The van der Waals surface area contributed by atoms with Gasteiger partial charge in [-0.05, 0) is 98.1 Å². The Morgan fingerprint density at radius 1 is 0.262 bits per heavy atom. The summed E-state index contributed by atoms with van der Waals surface area (Å²) in [6.45, 7) is 0. The van der Waals surface area contributed by atoms with Crippen molar-refractivity contribution in [2.24, 2.45) is 0 Å². The van der Waals surface area contributed by atoms with Gasteiger partial charge in [0.2, 0.25) is 0 Å². The first-order valence-electron chi connectivity index (χ1n) is 22.2. The fourth-order valence-electron chi connectivity index (χ4n) is 10.0. The van der Waals surface area contributed by atoms with E-state index in [0.29, 0.717) is 0 Å². The molecule has 0 saturated heterocycles. The minimum atomic E-state index is 0.853. The summed E-state index contributed by atoms with van der Waals surface area (Å²) in [4.78, 5) is 2.44. The first-order chi connectivity index (χ1) is 32.2. The molecule has 2 heterocycles. The van der Waals surface area contributed by atoms with Crippen molar-refractivity contribution < 1.29 is 8.83 Å². The van der Waals surface area contributed by atoms with Crippen LogP contribution in [0.15, 0.2) is 245 Å². The summed E-state index contributed by atoms with van der Waals surface area (Å²) in [6, 6.07) is 84.5. The van der Waals surface area contributed by atoms with Gasteiger partial charge in [0.25, 0.3) is 0 Å². The number of hydrogen-bond donors (Lipinski definition) is 0. The first kappa shape index (κ1) is 36.9. The van der Waals surface area contributed by atoms with E-state index < -0.39 is 0 Å². The topological polar surface area (TPSA) is 29.5 Å². The highest BCUT2D eigenvalue weighted by Crippen LogP contribution is 2.49. The quantitative estimate of drug-likeness (QED) is 0.150. The molecule has 65 heavy (non-hydrogen) atoms. The maximum atomic E-state index is 6.92. The maximum Gasteiger partial charge on any atom is 0.145 e. The van der Waals surface area contributed by atoms with Gasteiger partial charge in [-0.15, -0.1) is 0 Å². The van der Waals surface area contributed by atoms with Crippen molar-refractivity contribution in [3.63, 3.8) is 0 Å². The Hall–Kier alpha value is -8.66. The van der Waals surface area contributed by atoms with Gasteiger partial charge in [-0.2, -0.15) is 0 Å². The molecule has 3 nitrogen and oxygen atoms in total. The minimum absolute atomic E-state index is 0.853. The van der Waals surface area contributed by atoms with Gasteiger partial charge in [-0.25, -0.2) is 0 Å². The van der Waals surface area contributed by atoms with Crippen molar-refractivity contribution in [3.05, 3.63) is 237 Å². The molecule has 0 bridgehead atoms. The second-order valence-electron chi connectivity index (χ2n) is 16.8. The van der Waals surface area contributed by atoms with Gasteiger partial charge in [0.1, 0.15) is 22.3 Å². The third-order valence-electron chi connectivity index (χ3n) is 13.1. The number of hydrogen-bond acceptors (Lipinski definition) is 3. The number of fused-ring (bicyclic) bond motifs is 9. The van der Waals surface area contributed by atoms with Crippen molar-refractivity contribution >= 4 is 82.5 Å². The van der Waals surface area contributed by atoms with E-state index in [9.17, 15) is 0 Å². The fraction of sp³-hybridized carbons (Fsp3) is 0. The van der Waals surface area contributed by atoms with Crippen LogP contribution in [0.1, 0.15) is 0 Å². The molecule has 0 saturated carbocycles. The van der Waals surface area contributed by atoms with Crippen LogP contribution in [0.25, 0.3) is 110 Å². The Labute approximate surface area is 375 Å². The van der Waals surface area contributed by atoms with Crippen molar-refractivity contribution in [1.82, 2.24) is 0 Å². The molecule has 0 aliphatic carbocycles. The zero-order chi connectivity index (χ0) is 42.8. The molecule has 3 heteroatoms. The Bertz CT molecular complexity index is 3920. The number of anilines is 3. The molecule has 13 rings (SSSR count). The molecule has 13 aromatic rings. The van der Waals surface area contributed by atoms with Gasteiger partial charge >= 0.3 is 0 Å². The van der Waals surface area contributed by atoms with Gasteiger partial charge in [0.15, 0.2) is 0 Å². The summed E-state index contributed by atoms with van der Waals surface area (Å²) in [7, 11) is 0. The van der Waals surface area contributed by atoms with Crippen LogP contribution in [-0.2, 0) is 0 Å². The lowest BCUT2D eigenvalue weighted by Gasteiger charge is -2.28. The van der Waals surface area contributed by atoms with E-state index in [-0.39, 0.29) is 0 Å². The Kier molecular flexibility index (Phi) is 8.53. The lowest BCUT2D eigenvalue weighted by molar-refractivity contribution is 0.669. The maximum absolute atomic E-state index is 6.92. The number of furan rings is 2. The molecule has 11 aromatic carbocycles. The van der Waals surface area contributed by atoms with E-state index >= 15 is 0 Å². The van der Waals surface area contributed by atoms with Crippen molar-refractivity contribution in [2.45, 2.75) is 0 Å². The van der Waals surface area contributed by atoms with Crippen LogP contribution < -0.4 is 4.90 Å². The Morgan fingerprint density at radius 3 is 1.45 bits per heavy atom. The Morgan fingerprint density at radius 2 is 0.723 bits per heavy atom. The van der Waals surface area contributed by atoms with Crippen LogP contribution in [0.4, 0.5) is 17.1 Å². The molecule has 0 amide bonds. The molecule has 0 spiro atoms. The highest BCUT2D eigenvalue weighted by Gasteiger charge is 2.25. The predicted molar refractivity (Wildman–Crippen MR) is 272 cm³/mol. The highest BCUT2D eigenvalue weighted by molar-refractivity contribution is 6.21. The Balaban J connectivity index is 1.03. The van der Waals surface area contributed by atoms with Gasteiger partial charge in [0, 0.05) is 38.4 Å². The van der Waals surface area contributed by atoms with E-state index in [2.05, 4.69) is 235 Å². The minimum Gasteiger partial charge on any atom is -0.455 e. The summed E-state index contributed by atoms with van der Waals surface area (Å²) in [5, 5.41) is 9.14. The second kappa shape index (κ2) is 15.0. The zero-order valence-corrected chi connectivity index (χ0v) is 35.3. The lowest BCUT2D eigenvalue weighted by atomic mass is 9.94. The van der Waals surface area contributed by atoms with Crippen LogP contribution in [0.2, 0.25) is 0 Å². The zero-order valence-electron chi connectivity index (χ0n) is 35.3. The first-order valence-corrected chi connectivity index (χ1v) is 22.2. The van der Waals surface area contributed by atoms with Crippen molar-refractivity contribution in [3.8, 4) is 44.5 Å². The molecule has 0 aliphatic heterocycles. The molecule has 0 fully saturated rings. The normalized spacial score (nSPS) is 11.7. The lowest BCUT2D eigenvalue weighted by Crippen LogP contribution is -2.11. The standard InChI is InChI=1S/C62H39NO2/c1-3-14-40(15-4-1)41-26-28-45(29-27-41)51-38-39-55(60-53-22-10-12-25-57(53)65-62(51)60)63(54-23-13-19-46-31-30-43-18-7-8-20-48(43)58(46)54)47-34-32-44(33-35-47)49-36-37-50(42-16-5-2-6-17-42)61-59(49)52-21-9-11-24-56(52)64-61/h1-39H. The molecule has 304 valence electrons.